The van der Waals surface area contributed by atoms with Crippen LogP contribution in [0.15, 0.2) is 46.9 Å². The van der Waals surface area contributed by atoms with E-state index < -0.39 is 5.97 Å². The van der Waals surface area contributed by atoms with Crippen molar-refractivity contribution in [1.82, 2.24) is 0 Å². The number of benzene rings is 3. The van der Waals surface area contributed by atoms with Crippen LogP contribution in [0, 0.1) is 27.7 Å². The van der Waals surface area contributed by atoms with Crippen LogP contribution in [0.25, 0.3) is 33.2 Å². The maximum atomic E-state index is 12.4. The van der Waals surface area contributed by atoms with Crippen molar-refractivity contribution in [2.24, 2.45) is 0 Å². The molecule has 1 N–H and O–H groups in total. The van der Waals surface area contributed by atoms with Crippen molar-refractivity contribution in [3.05, 3.63) is 76.0 Å². The molecule has 4 aromatic rings. The Balaban J connectivity index is 2.16. The summed E-state index contributed by atoms with van der Waals surface area (Å²) in [6.07, 6.45) is 0. The van der Waals surface area contributed by atoms with Gasteiger partial charge in [-0.1, -0.05) is 38.1 Å². The Kier molecular flexibility index (Phi) is 5.79. The van der Waals surface area contributed by atoms with Gasteiger partial charge in [-0.05, 0) is 85.2 Å². The summed E-state index contributed by atoms with van der Waals surface area (Å²) < 4.78 is 11.7. The van der Waals surface area contributed by atoms with Crippen LogP contribution >= 0.6 is 0 Å². The van der Waals surface area contributed by atoms with E-state index in [0.29, 0.717) is 17.2 Å². The van der Waals surface area contributed by atoms with Crippen molar-refractivity contribution < 1.29 is 19.1 Å². The van der Waals surface area contributed by atoms with E-state index in [0.717, 1.165) is 50.1 Å². The molecular formula is C29H30O4. The van der Waals surface area contributed by atoms with E-state index >= 15 is 0 Å². The van der Waals surface area contributed by atoms with E-state index in [9.17, 15) is 9.90 Å². The number of hydrogen-bond donors (Lipinski definition) is 1. The zero-order valence-corrected chi connectivity index (χ0v) is 20.3. The zero-order valence-electron chi connectivity index (χ0n) is 20.3. The first-order valence-corrected chi connectivity index (χ1v) is 11.2. The van der Waals surface area contributed by atoms with Crippen molar-refractivity contribution in [3.8, 4) is 28.0 Å². The Labute approximate surface area is 194 Å². The lowest BCUT2D eigenvalue weighted by molar-refractivity contribution is 0.0697. The van der Waals surface area contributed by atoms with Crippen molar-refractivity contribution in [1.29, 1.82) is 0 Å². The molecule has 0 atom stereocenters. The highest BCUT2D eigenvalue weighted by Crippen LogP contribution is 2.46. The van der Waals surface area contributed by atoms with Crippen molar-refractivity contribution in [3.63, 3.8) is 0 Å². The summed E-state index contributed by atoms with van der Waals surface area (Å²) in [6, 6.07) is 13.7. The van der Waals surface area contributed by atoms with Gasteiger partial charge in [0.15, 0.2) is 0 Å². The van der Waals surface area contributed by atoms with Gasteiger partial charge in [0.1, 0.15) is 17.1 Å². The molecule has 0 saturated carbocycles. The van der Waals surface area contributed by atoms with Gasteiger partial charge in [0.05, 0.1) is 12.7 Å². The minimum atomic E-state index is -0.965. The zero-order chi connectivity index (χ0) is 24.0. The number of methoxy groups -OCH3 is 1. The van der Waals surface area contributed by atoms with Crippen LogP contribution in [0.2, 0.25) is 0 Å². The van der Waals surface area contributed by atoms with E-state index in [1.54, 1.807) is 19.2 Å². The molecule has 4 rings (SSSR count). The summed E-state index contributed by atoms with van der Waals surface area (Å²) in [5.41, 5.74) is 8.67. The number of fused-ring (bicyclic) bond motifs is 1. The number of aromatic carboxylic acids is 1. The first kappa shape index (κ1) is 22.7. The highest BCUT2D eigenvalue weighted by Gasteiger charge is 2.26. The molecule has 0 bridgehead atoms. The summed E-state index contributed by atoms with van der Waals surface area (Å²) in [5, 5.41) is 11.2. The molecule has 4 heteroatoms. The van der Waals surface area contributed by atoms with Gasteiger partial charge in [-0.25, -0.2) is 4.79 Å². The lowest BCUT2D eigenvalue weighted by Gasteiger charge is -2.22. The molecule has 0 aliphatic rings. The standard InChI is InChI=1S/C29H30O4/c1-15(2)20-8-10-21(11-9-20)26-24(32-7)13-12-22(29(30)31)27(26)25-17(4)18(5)28-23(19(25)6)14-16(3)33-28/h8-15H,1-7H3,(H,30,31). The predicted molar refractivity (Wildman–Crippen MR) is 134 cm³/mol. The van der Waals surface area contributed by atoms with Crippen molar-refractivity contribution in [2.75, 3.05) is 7.11 Å². The average Bonchev–Trinajstić information content (AvgIpc) is 3.19. The second-order valence-corrected chi connectivity index (χ2v) is 9.00. The minimum absolute atomic E-state index is 0.254. The number of carboxylic acid groups (broad SMARTS) is 1. The highest BCUT2D eigenvalue weighted by molar-refractivity contribution is 6.06. The maximum Gasteiger partial charge on any atom is 0.336 e. The van der Waals surface area contributed by atoms with Crippen LogP contribution in [-0.2, 0) is 0 Å². The van der Waals surface area contributed by atoms with Crippen LogP contribution in [-0.4, -0.2) is 18.2 Å². The molecule has 0 aliphatic carbocycles. The molecule has 3 aromatic carbocycles. The highest BCUT2D eigenvalue weighted by atomic mass is 16.5. The Morgan fingerprint density at radius 2 is 1.55 bits per heavy atom. The molecule has 0 unspecified atom stereocenters. The molecule has 1 aromatic heterocycles. The Morgan fingerprint density at radius 3 is 2.12 bits per heavy atom. The SMILES string of the molecule is COc1ccc(C(=O)O)c(-c2c(C)c(C)c3oc(C)cc3c2C)c1-c1ccc(C(C)C)cc1. The fourth-order valence-corrected chi connectivity index (χ4v) is 4.73. The molecule has 0 saturated heterocycles. The maximum absolute atomic E-state index is 12.4. The van der Waals surface area contributed by atoms with Gasteiger partial charge >= 0.3 is 5.97 Å². The van der Waals surface area contributed by atoms with E-state index in [1.807, 2.05) is 33.8 Å². The van der Waals surface area contributed by atoms with Gasteiger partial charge in [0.25, 0.3) is 0 Å². The Bertz CT molecular complexity index is 1370. The molecule has 0 amide bonds. The summed E-state index contributed by atoms with van der Waals surface area (Å²) in [7, 11) is 1.62. The second-order valence-electron chi connectivity index (χ2n) is 9.00. The summed E-state index contributed by atoms with van der Waals surface area (Å²) in [5.74, 6) is 0.922. The number of furan rings is 1. The molecule has 0 aliphatic heterocycles. The van der Waals surface area contributed by atoms with E-state index in [4.69, 9.17) is 9.15 Å². The van der Waals surface area contributed by atoms with E-state index in [1.165, 1.54) is 5.56 Å². The monoisotopic (exact) mass is 442 g/mol. The normalized spacial score (nSPS) is 11.4. The van der Waals surface area contributed by atoms with Crippen LogP contribution in [0.1, 0.15) is 58.1 Å². The lowest BCUT2D eigenvalue weighted by atomic mass is 9.83. The smallest absolute Gasteiger partial charge is 0.336 e. The summed E-state index contributed by atoms with van der Waals surface area (Å²) in [6.45, 7) is 12.3. The van der Waals surface area contributed by atoms with Crippen molar-refractivity contribution >= 4 is 16.9 Å². The number of ether oxygens (including phenoxy) is 1. The molecule has 0 spiro atoms. The average molecular weight is 443 g/mol. The molecule has 0 fully saturated rings. The van der Waals surface area contributed by atoms with E-state index in [2.05, 4.69) is 38.1 Å². The minimum Gasteiger partial charge on any atom is -0.496 e. The Hall–Kier alpha value is -3.53. The molecule has 4 nitrogen and oxygen atoms in total. The molecule has 0 radical (unpaired) electrons. The second kappa shape index (κ2) is 8.43. The van der Waals surface area contributed by atoms with Crippen LogP contribution < -0.4 is 4.74 Å². The number of rotatable bonds is 5. The van der Waals surface area contributed by atoms with Gasteiger partial charge in [0.2, 0.25) is 0 Å². The third kappa shape index (κ3) is 3.70. The van der Waals surface area contributed by atoms with Crippen molar-refractivity contribution in [2.45, 2.75) is 47.5 Å². The molecule has 1 heterocycles. The van der Waals surface area contributed by atoms with Crippen LogP contribution in [0.3, 0.4) is 0 Å². The number of carbonyl (C=O) groups is 1. The van der Waals surface area contributed by atoms with E-state index in [-0.39, 0.29) is 5.56 Å². The predicted octanol–water partition coefficient (Wildman–Crippen LogP) is 7.83. The Morgan fingerprint density at radius 1 is 0.879 bits per heavy atom. The lowest BCUT2D eigenvalue weighted by Crippen LogP contribution is -2.06. The van der Waals surface area contributed by atoms with Gasteiger partial charge < -0.3 is 14.3 Å². The molecule has 170 valence electrons. The summed E-state index contributed by atoms with van der Waals surface area (Å²) >= 11 is 0. The fraction of sp³-hybridized carbons (Fsp3) is 0.276. The van der Waals surface area contributed by atoms with Gasteiger partial charge in [-0.2, -0.15) is 0 Å². The van der Waals surface area contributed by atoms with Gasteiger partial charge in [-0.15, -0.1) is 0 Å². The van der Waals surface area contributed by atoms with Gasteiger partial charge in [0, 0.05) is 16.5 Å². The summed E-state index contributed by atoms with van der Waals surface area (Å²) in [4.78, 5) is 12.4. The number of aryl methyl sites for hydroxylation is 3. The fourth-order valence-electron chi connectivity index (χ4n) is 4.73. The van der Waals surface area contributed by atoms with Crippen LogP contribution in [0.5, 0.6) is 5.75 Å². The first-order valence-electron chi connectivity index (χ1n) is 11.2. The number of hydrogen-bond acceptors (Lipinski definition) is 3. The van der Waals surface area contributed by atoms with Gasteiger partial charge in [-0.3, -0.25) is 0 Å². The quantitative estimate of drug-likeness (QED) is 0.342. The van der Waals surface area contributed by atoms with Crippen LogP contribution in [0.4, 0.5) is 0 Å². The molecule has 33 heavy (non-hydrogen) atoms. The largest absolute Gasteiger partial charge is 0.496 e. The molecular weight excluding hydrogens is 412 g/mol. The first-order chi connectivity index (χ1) is 15.6. The third-order valence-corrected chi connectivity index (χ3v) is 6.65. The number of carboxylic acids is 1. The third-order valence-electron chi connectivity index (χ3n) is 6.65. The topological polar surface area (TPSA) is 59.7 Å².